The largest absolute Gasteiger partial charge is 0.297 e. The van der Waals surface area contributed by atoms with Crippen molar-refractivity contribution in [3.05, 3.63) is 18.0 Å². The fourth-order valence-electron chi connectivity index (χ4n) is 2.98. The Balaban J connectivity index is 1.92. The molecule has 3 rings (SSSR count). The molecule has 0 atom stereocenters. The Hall–Kier alpha value is -0.830. The van der Waals surface area contributed by atoms with E-state index in [9.17, 15) is 0 Å². The summed E-state index contributed by atoms with van der Waals surface area (Å²) in [5, 5.41) is 4.45. The van der Waals surface area contributed by atoms with Gasteiger partial charge in [0.15, 0.2) is 0 Å². The predicted octanol–water partition coefficient (Wildman–Crippen LogP) is 1.89. The van der Waals surface area contributed by atoms with Gasteiger partial charge in [0.05, 0.1) is 5.69 Å². The van der Waals surface area contributed by atoms with Crippen molar-refractivity contribution in [2.24, 2.45) is 5.41 Å². The van der Waals surface area contributed by atoms with Gasteiger partial charge in [-0.25, -0.2) is 0 Å². The molecule has 1 aromatic heterocycles. The maximum atomic E-state index is 4.45. The summed E-state index contributed by atoms with van der Waals surface area (Å²) in [6.45, 7) is 6.92. The minimum atomic E-state index is 0.549. The standard InChI is InChI=1S/C12H19N3/c1-2-14-8-11-4-7-13-15(11)10-12(9-14)5-3-6-12/h4,7H,2-3,5-6,8-10H2,1H3. The highest BCUT2D eigenvalue weighted by atomic mass is 15.3. The van der Waals surface area contributed by atoms with Gasteiger partial charge < -0.3 is 0 Å². The number of rotatable bonds is 1. The first-order valence-corrected chi connectivity index (χ1v) is 6.04. The zero-order valence-electron chi connectivity index (χ0n) is 9.45. The van der Waals surface area contributed by atoms with Crippen LogP contribution in [-0.2, 0) is 13.1 Å². The van der Waals surface area contributed by atoms with Crippen LogP contribution in [0.5, 0.6) is 0 Å². The first-order valence-electron chi connectivity index (χ1n) is 6.04. The Morgan fingerprint density at radius 1 is 1.40 bits per heavy atom. The number of hydrogen-bond donors (Lipinski definition) is 0. The van der Waals surface area contributed by atoms with Crippen molar-refractivity contribution in [1.82, 2.24) is 14.7 Å². The van der Waals surface area contributed by atoms with E-state index in [4.69, 9.17) is 0 Å². The van der Waals surface area contributed by atoms with Crippen LogP contribution in [0.15, 0.2) is 12.3 Å². The molecular formula is C12H19N3. The minimum absolute atomic E-state index is 0.549. The Kier molecular flexibility index (Phi) is 2.09. The molecule has 0 N–H and O–H groups in total. The molecule has 0 bridgehead atoms. The third-order valence-corrected chi connectivity index (χ3v) is 4.10. The van der Waals surface area contributed by atoms with Crippen LogP contribution in [0.25, 0.3) is 0 Å². The smallest absolute Gasteiger partial charge is 0.0524 e. The lowest BCUT2D eigenvalue weighted by Crippen LogP contribution is -2.42. The summed E-state index contributed by atoms with van der Waals surface area (Å²) < 4.78 is 2.23. The van der Waals surface area contributed by atoms with Crippen molar-refractivity contribution in [3.8, 4) is 0 Å². The second-order valence-electron chi connectivity index (χ2n) is 5.14. The summed E-state index contributed by atoms with van der Waals surface area (Å²) in [6, 6.07) is 2.17. The van der Waals surface area contributed by atoms with Crippen molar-refractivity contribution >= 4 is 0 Å². The third-order valence-electron chi connectivity index (χ3n) is 4.10. The molecule has 2 heterocycles. The van der Waals surface area contributed by atoms with Crippen molar-refractivity contribution in [3.63, 3.8) is 0 Å². The van der Waals surface area contributed by atoms with Crippen molar-refractivity contribution < 1.29 is 0 Å². The molecule has 0 amide bonds. The second kappa shape index (κ2) is 3.34. The molecule has 1 saturated carbocycles. The normalized spacial score (nSPS) is 24.6. The maximum absolute atomic E-state index is 4.45. The highest BCUT2D eigenvalue weighted by molar-refractivity contribution is 5.05. The molecule has 0 unspecified atom stereocenters. The Bertz CT molecular complexity index is 352. The average molecular weight is 205 g/mol. The van der Waals surface area contributed by atoms with E-state index >= 15 is 0 Å². The fraction of sp³-hybridized carbons (Fsp3) is 0.750. The monoisotopic (exact) mass is 205 g/mol. The number of nitrogens with zero attached hydrogens (tertiary/aromatic N) is 3. The minimum Gasteiger partial charge on any atom is -0.297 e. The van der Waals surface area contributed by atoms with Gasteiger partial charge in [-0.2, -0.15) is 5.10 Å². The van der Waals surface area contributed by atoms with E-state index in [0.717, 1.165) is 19.6 Å². The highest BCUT2D eigenvalue weighted by Crippen LogP contribution is 2.44. The first-order chi connectivity index (χ1) is 7.31. The molecular weight excluding hydrogens is 186 g/mol. The fourth-order valence-corrected chi connectivity index (χ4v) is 2.98. The van der Waals surface area contributed by atoms with Gasteiger partial charge in [-0.3, -0.25) is 9.58 Å². The van der Waals surface area contributed by atoms with Crippen LogP contribution in [0.2, 0.25) is 0 Å². The molecule has 0 aromatic carbocycles. The average Bonchev–Trinajstić information content (AvgIpc) is 2.54. The lowest BCUT2D eigenvalue weighted by atomic mass is 9.68. The van der Waals surface area contributed by atoms with E-state index in [1.54, 1.807) is 0 Å². The van der Waals surface area contributed by atoms with Crippen LogP contribution < -0.4 is 0 Å². The van der Waals surface area contributed by atoms with Gasteiger partial charge in [-0.15, -0.1) is 0 Å². The summed E-state index contributed by atoms with van der Waals surface area (Å²) in [5.41, 5.74) is 1.94. The summed E-state index contributed by atoms with van der Waals surface area (Å²) in [7, 11) is 0. The number of aromatic nitrogens is 2. The molecule has 1 aliphatic carbocycles. The molecule has 1 spiro atoms. The molecule has 2 aliphatic rings. The Morgan fingerprint density at radius 3 is 2.93 bits per heavy atom. The van der Waals surface area contributed by atoms with Gasteiger partial charge in [0.1, 0.15) is 0 Å². The highest BCUT2D eigenvalue weighted by Gasteiger charge is 2.40. The van der Waals surface area contributed by atoms with E-state index in [1.807, 2.05) is 6.20 Å². The number of fused-ring (bicyclic) bond motifs is 1. The van der Waals surface area contributed by atoms with E-state index in [2.05, 4.69) is 27.7 Å². The third kappa shape index (κ3) is 1.49. The van der Waals surface area contributed by atoms with E-state index < -0.39 is 0 Å². The van der Waals surface area contributed by atoms with Gasteiger partial charge in [0.2, 0.25) is 0 Å². The summed E-state index contributed by atoms with van der Waals surface area (Å²) in [5.74, 6) is 0. The van der Waals surface area contributed by atoms with Crippen LogP contribution >= 0.6 is 0 Å². The molecule has 1 fully saturated rings. The van der Waals surface area contributed by atoms with Crippen LogP contribution in [0.1, 0.15) is 31.9 Å². The quantitative estimate of drug-likeness (QED) is 0.698. The zero-order chi connectivity index (χ0) is 10.3. The van der Waals surface area contributed by atoms with Gasteiger partial charge in [0.25, 0.3) is 0 Å². The van der Waals surface area contributed by atoms with Crippen molar-refractivity contribution in [2.75, 3.05) is 13.1 Å². The van der Waals surface area contributed by atoms with E-state index in [-0.39, 0.29) is 0 Å². The van der Waals surface area contributed by atoms with Crippen LogP contribution in [0.3, 0.4) is 0 Å². The van der Waals surface area contributed by atoms with Crippen LogP contribution in [0, 0.1) is 5.41 Å². The van der Waals surface area contributed by atoms with Crippen molar-refractivity contribution in [2.45, 2.75) is 39.3 Å². The summed E-state index contributed by atoms with van der Waals surface area (Å²) in [6.07, 6.45) is 6.14. The molecule has 3 heteroatoms. The summed E-state index contributed by atoms with van der Waals surface area (Å²) in [4.78, 5) is 2.57. The summed E-state index contributed by atoms with van der Waals surface area (Å²) >= 11 is 0. The maximum Gasteiger partial charge on any atom is 0.0524 e. The zero-order valence-corrected chi connectivity index (χ0v) is 9.45. The second-order valence-corrected chi connectivity index (χ2v) is 5.14. The van der Waals surface area contributed by atoms with Gasteiger partial charge in [-0.05, 0) is 25.5 Å². The van der Waals surface area contributed by atoms with Gasteiger partial charge >= 0.3 is 0 Å². The predicted molar refractivity (Wildman–Crippen MR) is 59.5 cm³/mol. The van der Waals surface area contributed by atoms with Gasteiger partial charge in [0, 0.05) is 31.2 Å². The molecule has 3 nitrogen and oxygen atoms in total. The molecule has 0 radical (unpaired) electrons. The SMILES string of the molecule is CCN1Cc2ccnn2CC2(CCC2)C1. The number of hydrogen-bond acceptors (Lipinski definition) is 2. The molecule has 1 aliphatic heterocycles. The molecule has 0 saturated heterocycles. The molecule has 82 valence electrons. The molecule has 15 heavy (non-hydrogen) atoms. The Labute approximate surface area is 91.1 Å². The lowest BCUT2D eigenvalue weighted by Gasteiger charge is -2.43. The topological polar surface area (TPSA) is 21.1 Å². The van der Waals surface area contributed by atoms with Gasteiger partial charge in [-0.1, -0.05) is 13.3 Å². The van der Waals surface area contributed by atoms with Crippen LogP contribution in [-0.4, -0.2) is 27.8 Å². The van der Waals surface area contributed by atoms with E-state index in [0.29, 0.717) is 5.41 Å². The van der Waals surface area contributed by atoms with Crippen molar-refractivity contribution in [1.29, 1.82) is 0 Å². The first kappa shape index (κ1) is 9.40. The lowest BCUT2D eigenvalue weighted by molar-refractivity contribution is 0.0579. The van der Waals surface area contributed by atoms with Crippen LogP contribution in [0.4, 0.5) is 0 Å². The Morgan fingerprint density at radius 2 is 2.27 bits per heavy atom. The molecule has 1 aromatic rings. The van der Waals surface area contributed by atoms with E-state index in [1.165, 1.54) is 31.5 Å².